The van der Waals surface area contributed by atoms with Crippen LogP contribution >= 0.6 is 11.6 Å². The van der Waals surface area contributed by atoms with Gasteiger partial charge >= 0.3 is 0 Å². The van der Waals surface area contributed by atoms with Gasteiger partial charge < -0.3 is 13.9 Å². The maximum atomic E-state index is 6.14. The van der Waals surface area contributed by atoms with Crippen molar-refractivity contribution in [1.29, 1.82) is 0 Å². The molecule has 2 aliphatic heterocycles. The molecule has 0 N–H and O–H groups in total. The smallest absolute Gasteiger partial charge is 0.127 e. The zero-order chi connectivity index (χ0) is 18.5. The standard InChI is InChI=1S/C21H25ClN2O3/c22-19-3-4-21-18(13-19)12-17(16-27-21)14-24(15-20-2-1-9-26-20)6-5-23-7-10-25-11-8-23/h1-4,9,12-13H,5-8,10-11,14-16H2. The minimum absolute atomic E-state index is 0.612. The van der Waals surface area contributed by atoms with Gasteiger partial charge in [0.05, 0.1) is 26.0 Å². The molecular weight excluding hydrogens is 364 g/mol. The van der Waals surface area contributed by atoms with Crippen molar-refractivity contribution in [3.63, 3.8) is 0 Å². The molecular formula is C21H25ClN2O3. The fourth-order valence-corrected chi connectivity index (χ4v) is 3.70. The Hall–Kier alpha value is -1.79. The van der Waals surface area contributed by atoms with E-state index in [-0.39, 0.29) is 0 Å². The Bertz CT molecular complexity index is 770. The molecule has 2 aliphatic rings. The molecule has 0 spiro atoms. The van der Waals surface area contributed by atoms with Gasteiger partial charge in [-0.25, -0.2) is 0 Å². The molecule has 4 rings (SSSR count). The monoisotopic (exact) mass is 388 g/mol. The number of hydrogen-bond donors (Lipinski definition) is 0. The first-order valence-electron chi connectivity index (χ1n) is 9.43. The van der Waals surface area contributed by atoms with Crippen molar-refractivity contribution < 1.29 is 13.9 Å². The molecule has 5 nitrogen and oxygen atoms in total. The SMILES string of the molecule is Clc1ccc2c(c1)C=C(CN(CCN1CCOCC1)Cc1ccco1)CO2. The van der Waals surface area contributed by atoms with Crippen LogP contribution in [0.4, 0.5) is 0 Å². The summed E-state index contributed by atoms with van der Waals surface area (Å²) in [6, 6.07) is 9.73. The molecule has 3 heterocycles. The molecule has 27 heavy (non-hydrogen) atoms. The predicted octanol–water partition coefficient (Wildman–Crippen LogP) is 3.54. The number of benzene rings is 1. The van der Waals surface area contributed by atoms with Gasteiger partial charge in [-0.2, -0.15) is 0 Å². The fraction of sp³-hybridized carbons (Fsp3) is 0.429. The molecule has 0 bridgehead atoms. The van der Waals surface area contributed by atoms with Crippen molar-refractivity contribution in [2.24, 2.45) is 0 Å². The van der Waals surface area contributed by atoms with Crippen molar-refractivity contribution >= 4 is 17.7 Å². The maximum Gasteiger partial charge on any atom is 0.127 e. The van der Waals surface area contributed by atoms with Gasteiger partial charge in [-0.15, -0.1) is 0 Å². The predicted molar refractivity (Wildman–Crippen MR) is 106 cm³/mol. The first-order valence-corrected chi connectivity index (χ1v) is 9.81. The van der Waals surface area contributed by atoms with E-state index in [2.05, 4.69) is 15.9 Å². The molecule has 144 valence electrons. The van der Waals surface area contributed by atoms with E-state index in [1.54, 1.807) is 6.26 Å². The Kier molecular flexibility index (Phi) is 6.14. The Morgan fingerprint density at radius 3 is 2.81 bits per heavy atom. The van der Waals surface area contributed by atoms with Gasteiger partial charge in [-0.3, -0.25) is 9.80 Å². The highest BCUT2D eigenvalue weighted by atomic mass is 35.5. The van der Waals surface area contributed by atoms with E-state index >= 15 is 0 Å². The average molecular weight is 389 g/mol. The molecule has 1 aromatic heterocycles. The van der Waals surface area contributed by atoms with Gasteiger partial charge in [0, 0.05) is 43.3 Å². The quantitative estimate of drug-likeness (QED) is 0.725. The number of fused-ring (bicyclic) bond motifs is 1. The molecule has 1 saturated heterocycles. The second-order valence-corrected chi connectivity index (χ2v) is 7.45. The Morgan fingerprint density at radius 1 is 1.11 bits per heavy atom. The topological polar surface area (TPSA) is 38.1 Å². The molecule has 6 heteroatoms. The fourth-order valence-electron chi connectivity index (χ4n) is 3.52. The lowest BCUT2D eigenvalue weighted by molar-refractivity contribution is 0.0330. The minimum atomic E-state index is 0.612. The summed E-state index contributed by atoms with van der Waals surface area (Å²) in [5, 5.41) is 0.731. The first-order chi connectivity index (χ1) is 13.3. The highest BCUT2D eigenvalue weighted by molar-refractivity contribution is 6.30. The molecule has 1 fully saturated rings. The third-order valence-corrected chi connectivity index (χ3v) is 5.20. The highest BCUT2D eigenvalue weighted by Crippen LogP contribution is 2.29. The summed E-state index contributed by atoms with van der Waals surface area (Å²) in [6.07, 6.45) is 3.94. The lowest BCUT2D eigenvalue weighted by Gasteiger charge is -2.30. The number of rotatable bonds is 7. The van der Waals surface area contributed by atoms with E-state index < -0.39 is 0 Å². The molecule has 0 radical (unpaired) electrons. The van der Waals surface area contributed by atoms with Crippen molar-refractivity contribution in [3.8, 4) is 5.75 Å². The third kappa shape index (κ3) is 5.14. The second kappa shape index (κ2) is 8.93. The van der Waals surface area contributed by atoms with E-state index in [9.17, 15) is 0 Å². The summed E-state index contributed by atoms with van der Waals surface area (Å²) in [7, 11) is 0. The van der Waals surface area contributed by atoms with Gasteiger partial charge in [-0.1, -0.05) is 11.6 Å². The zero-order valence-electron chi connectivity index (χ0n) is 15.4. The van der Waals surface area contributed by atoms with Crippen LogP contribution in [0.15, 0.2) is 46.6 Å². The summed E-state index contributed by atoms with van der Waals surface area (Å²) < 4.78 is 16.9. The number of ether oxygens (including phenoxy) is 2. The first kappa shape index (κ1) is 18.6. The summed E-state index contributed by atoms with van der Waals surface area (Å²) in [6.45, 7) is 7.91. The summed E-state index contributed by atoms with van der Waals surface area (Å²) in [4.78, 5) is 4.87. The van der Waals surface area contributed by atoms with E-state index in [0.29, 0.717) is 6.61 Å². The average Bonchev–Trinajstić information content (AvgIpc) is 3.20. The van der Waals surface area contributed by atoms with Gasteiger partial charge in [0.2, 0.25) is 0 Å². The Balaban J connectivity index is 1.43. The molecule has 0 unspecified atom stereocenters. The van der Waals surface area contributed by atoms with Crippen LogP contribution in [-0.2, 0) is 11.3 Å². The van der Waals surface area contributed by atoms with Gasteiger partial charge in [0.15, 0.2) is 0 Å². The minimum Gasteiger partial charge on any atom is -0.489 e. The summed E-state index contributed by atoms with van der Waals surface area (Å²) in [5.41, 5.74) is 2.30. The summed E-state index contributed by atoms with van der Waals surface area (Å²) in [5.74, 6) is 1.88. The van der Waals surface area contributed by atoms with Crippen LogP contribution in [0, 0.1) is 0 Å². The van der Waals surface area contributed by atoms with Crippen LogP contribution in [0.5, 0.6) is 5.75 Å². The van der Waals surface area contributed by atoms with Crippen molar-refractivity contribution in [2.75, 3.05) is 52.5 Å². The number of nitrogens with zero attached hydrogens (tertiary/aromatic N) is 2. The zero-order valence-corrected chi connectivity index (χ0v) is 16.2. The van der Waals surface area contributed by atoms with Crippen LogP contribution in [0.25, 0.3) is 6.08 Å². The number of halogens is 1. The van der Waals surface area contributed by atoms with E-state index in [4.69, 9.17) is 25.5 Å². The molecule has 0 amide bonds. The van der Waals surface area contributed by atoms with Crippen molar-refractivity contribution in [2.45, 2.75) is 6.54 Å². The normalized spacial score (nSPS) is 17.5. The van der Waals surface area contributed by atoms with Crippen molar-refractivity contribution in [1.82, 2.24) is 9.80 Å². The number of morpholine rings is 1. The maximum absolute atomic E-state index is 6.14. The van der Waals surface area contributed by atoms with Gasteiger partial charge in [-0.05, 0) is 42.0 Å². The van der Waals surface area contributed by atoms with Crippen LogP contribution in [-0.4, -0.2) is 62.3 Å². The third-order valence-electron chi connectivity index (χ3n) is 4.97. The summed E-state index contributed by atoms with van der Waals surface area (Å²) >= 11 is 6.14. The number of furan rings is 1. The molecule has 0 aliphatic carbocycles. The lowest BCUT2D eigenvalue weighted by Crippen LogP contribution is -2.42. The van der Waals surface area contributed by atoms with E-state index in [0.717, 1.165) is 74.6 Å². The molecule has 2 aromatic rings. The highest BCUT2D eigenvalue weighted by Gasteiger charge is 2.18. The Morgan fingerprint density at radius 2 is 2.00 bits per heavy atom. The van der Waals surface area contributed by atoms with Gasteiger partial charge in [0.25, 0.3) is 0 Å². The number of hydrogen-bond acceptors (Lipinski definition) is 5. The van der Waals surface area contributed by atoms with Gasteiger partial charge in [0.1, 0.15) is 18.1 Å². The Labute approximate surface area is 165 Å². The lowest BCUT2D eigenvalue weighted by atomic mass is 10.1. The second-order valence-electron chi connectivity index (χ2n) is 7.02. The molecule has 0 atom stereocenters. The molecule has 1 aromatic carbocycles. The van der Waals surface area contributed by atoms with E-state index in [1.165, 1.54) is 5.57 Å². The van der Waals surface area contributed by atoms with E-state index in [1.807, 2.05) is 30.3 Å². The van der Waals surface area contributed by atoms with Crippen LogP contribution < -0.4 is 4.74 Å². The van der Waals surface area contributed by atoms with Crippen LogP contribution in [0.1, 0.15) is 11.3 Å². The van der Waals surface area contributed by atoms with Crippen LogP contribution in [0.2, 0.25) is 5.02 Å². The van der Waals surface area contributed by atoms with Crippen molar-refractivity contribution in [3.05, 3.63) is 58.5 Å². The molecule has 0 saturated carbocycles. The van der Waals surface area contributed by atoms with Crippen LogP contribution in [0.3, 0.4) is 0 Å². The largest absolute Gasteiger partial charge is 0.489 e.